The Kier molecular flexibility index (Phi) is 2.81. The summed E-state index contributed by atoms with van der Waals surface area (Å²) < 4.78 is 25.5. The molecule has 12 heavy (non-hydrogen) atoms. The Labute approximate surface area is 76.5 Å². The van der Waals surface area contributed by atoms with E-state index in [4.69, 9.17) is 5.11 Å². The predicted octanol–water partition coefficient (Wildman–Crippen LogP) is 3.04. The zero-order valence-electron chi connectivity index (χ0n) is 5.89. The minimum atomic E-state index is -1.22. The van der Waals surface area contributed by atoms with Crippen molar-refractivity contribution in [2.45, 2.75) is 0 Å². The molecule has 0 heterocycles. The van der Waals surface area contributed by atoms with Gasteiger partial charge in [-0.3, -0.25) is 0 Å². The standard InChI is InChI=1S/C8H5BrF2O/c9-4-3-5-1-2-6(12)8(11)7(5)10/h1-4,12H/b4-3+. The van der Waals surface area contributed by atoms with E-state index in [9.17, 15) is 8.78 Å². The second-order valence-corrected chi connectivity index (χ2v) is 2.62. The first kappa shape index (κ1) is 9.19. The van der Waals surface area contributed by atoms with Crippen LogP contribution in [0.2, 0.25) is 0 Å². The Balaban J connectivity index is 3.26. The number of phenolic OH excluding ortho intramolecular Hbond substituents is 1. The quantitative estimate of drug-likeness (QED) is 0.793. The highest BCUT2D eigenvalue weighted by atomic mass is 79.9. The van der Waals surface area contributed by atoms with E-state index >= 15 is 0 Å². The van der Waals surface area contributed by atoms with Gasteiger partial charge in [0.1, 0.15) is 0 Å². The first-order valence-electron chi connectivity index (χ1n) is 3.10. The highest BCUT2D eigenvalue weighted by Gasteiger charge is 2.09. The molecule has 1 aromatic carbocycles. The third kappa shape index (κ3) is 1.64. The molecule has 0 aliphatic heterocycles. The maximum absolute atomic E-state index is 12.8. The van der Waals surface area contributed by atoms with Crippen LogP contribution in [0.4, 0.5) is 8.78 Å². The van der Waals surface area contributed by atoms with Gasteiger partial charge in [0.25, 0.3) is 0 Å². The molecule has 0 aromatic heterocycles. The number of rotatable bonds is 1. The Morgan fingerprint density at radius 1 is 1.25 bits per heavy atom. The van der Waals surface area contributed by atoms with Gasteiger partial charge in [0, 0.05) is 5.56 Å². The number of hydrogen-bond donors (Lipinski definition) is 1. The Hall–Kier alpha value is -0.900. The van der Waals surface area contributed by atoms with Crippen LogP contribution >= 0.6 is 15.9 Å². The normalized spacial score (nSPS) is 10.9. The van der Waals surface area contributed by atoms with Crippen molar-refractivity contribution in [3.8, 4) is 5.75 Å². The van der Waals surface area contributed by atoms with Gasteiger partial charge < -0.3 is 5.11 Å². The third-order valence-electron chi connectivity index (χ3n) is 1.33. The second-order valence-electron chi connectivity index (χ2n) is 2.09. The molecule has 0 fully saturated rings. The molecule has 1 rings (SSSR count). The van der Waals surface area contributed by atoms with Gasteiger partial charge in [0.15, 0.2) is 11.6 Å². The van der Waals surface area contributed by atoms with E-state index in [0.717, 1.165) is 6.07 Å². The third-order valence-corrected chi connectivity index (χ3v) is 1.60. The highest BCUT2D eigenvalue weighted by Crippen LogP contribution is 2.22. The van der Waals surface area contributed by atoms with Crippen LogP contribution in [0.1, 0.15) is 5.56 Å². The average molecular weight is 235 g/mol. The molecule has 0 amide bonds. The van der Waals surface area contributed by atoms with E-state index in [2.05, 4.69) is 15.9 Å². The van der Waals surface area contributed by atoms with Crippen molar-refractivity contribution in [2.75, 3.05) is 0 Å². The van der Waals surface area contributed by atoms with Crippen molar-refractivity contribution >= 4 is 22.0 Å². The summed E-state index contributed by atoms with van der Waals surface area (Å²) in [7, 11) is 0. The Morgan fingerprint density at radius 2 is 1.92 bits per heavy atom. The summed E-state index contributed by atoms with van der Waals surface area (Å²) in [5.74, 6) is -2.96. The molecule has 0 saturated heterocycles. The Bertz CT molecular complexity index is 323. The smallest absolute Gasteiger partial charge is 0.200 e. The van der Waals surface area contributed by atoms with Crippen molar-refractivity contribution in [1.82, 2.24) is 0 Å². The first-order chi connectivity index (χ1) is 5.66. The lowest BCUT2D eigenvalue weighted by molar-refractivity contribution is 0.406. The SMILES string of the molecule is Oc1ccc(/C=C/Br)c(F)c1F. The molecule has 0 aliphatic rings. The summed E-state index contributed by atoms with van der Waals surface area (Å²) in [5.41, 5.74) is 0.0853. The van der Waals surface area contributed by atoms with Crippen LogP contribution in [0.3, 0.4) is 0 Å². The lowest BCUT2D eigenvalue weighted by atomic mass is 10.2. The van der Waals surface area contributed by atoms with E-state index < -0.39 is 17.4 Å². The molecule has 1 N–H and O–H groups in total. The van der Waals surface area contributed by atoms with Gasteiger partial charge >= 0.3 is 0 Å². The van der Waals surface area contributed by atoms with E-state index in [0.29, 0.717) is 0 Å². The summed E-state index contributed by atoms with van der Waals surface area (Å²) in [6.45, 7) is 0. The average Bonchev–Trinajstić information content (AvgIpc) is 2.07. The highest BCUT2D eigenvalue weighted by molar-refractivity contribution is 9.11. The van der Waals surface area contributed by atoms with Crippen LogP contribution in [0.25, 0.3) is 6.08 Å². The lowest BCUT2D eigenvalue weighted by Gasteiger charge is -1.99. The van der Waals surface area contributed by atoms with Crippen LogP contribution < -0.4 is 0 Å². The number of hydrogen-bond acceptors (Lipinski definition) is 1. The van der Waals surface area contributed by atoms with Gasteiger partial charge in [0.05, 0.1) is 0 Å². The van der Waals surface area contributed by atoms with E-state index in [1.807, 2.05) is 0 Å². The molecule has 64 valence electrons. The molecule has 0 radical (unpaired) electrons. The fourth-order valence-electron chi connectivity index (χ4n) is 0.751. The van der Waals surface area contributed by atoms with Crippen LogP contribution in [0.15, 0.2) is 17.1 Å². The first-order valence-corrected chi connectivity index (χ1v) is 4.02. The molecular weight excluding hydrogens is 230 g/mol. The van der Waals surface area contributed by atoms with Crippen molar-refractivity contribution in [2.24, 2.45) is 0 Å². The molecular formula is C8H5BrF2O. The number of halogens is 3. The van der Waals surface area contributed by atoms with Crippen molar-refractivity contribution in [1.29, 1.82) is 0 Å². The summed E-state index contributed by atoms with van der Waals surface area (Å²) in [6, 6.07) is 2.38. The molecule has 0 spiro atoms. The molecule has 1 nitrogen and oxygen atoms in total. The van der Waals surface area contributed by atoms with Crippen molar-refractivity contribution in [3.63, 3.8) is 0 Å². The number of phenols is 1. The molecule has 0 atom stereocenters. The van der Waals surface area contributed by atoms with Crippen molar-refractivity contribution in [3.05, 3.63) is 34.3 Å². The zero-order valence-corrected chi connectivity index (χ0v) is 7.48. The summed E-state index contributed by atoms with van der Waals surface area (Å²) in [5, 5.41) is 8.74. The molecule has 1 aromatic rings. The van der Waals surface area contributed by atoms with E-state index in [-0.39, 0.29) is 5.56 Å². The second kappa shape index (κ2) is 3.67. The van der Waals surface area contributed by atoms with Crippen LogP contribution in [0.5, 0.6) is 5.75 Å². The van der Waals surface area contributed by atoms with E-state index in [1.165, 1.54) is 17.1 Å². The molecule has 0 unspecified atom stereocenters. The van der Waals surface area contributed by atoms with Gasteiger partial charge in [-0.1, -0.05) is 15.9 Å². The van der Waals surface area contributed by atoms with Gasteiger partial charge in [-0.25, -0.2) is 4.39 Å². The van der Waals surface area contributed by atoms with Crippen molar-refractivity contribution < 1.29 is 13.9 Å². The maximum atomic E-state index is 12.8. The van der Waals surface area contributed by atoms with Gasteiger partial charge in [-0.05, 0) is 23.2 Å². The zero-order chi connectivity index (χ0) is 9.14. The van der Waals surface area contributed by atoms with Gasteiger partial charge in [-0.15, -0.1) is 0 Å². The van der Waals surface area contributed by atoms with Crippen LogP contribution in [-0.2, 0) is 0 Å². The molecule has 0 bridgehead atoms. The fraction of sp³-hybridized carbons (Fsp3) is 0. The summed E-state index contributed by atoms with van der Waals surface area (Å²) >= 11 is 2.93. The van der Waals surface area contributed by atoms with Gasteiger partial charge in [0.2, 0.25) is 5.82 Å². The largest absolute Gasteiger partial charge is 0.505 e. The molecule has 4 heteroatoms. The van der Waals surface area contributed by atoms with Gasteiger partial charge in [-0.2, -0.15) is 4.39 Å². The summed E-state index contributed by atoms with van der Waals surface area (Å²) in [6.07, 6.45) is 1.35. The topological polar surface area (TPSA) is 20.2 Å². The molecule has 0 saturated carbocycles. The fourth-order valence-corrected chi connectivity index (χ4v) is 1.04. The lowest BCUT2D eigenvalue weighted by Crippen LogP contribution is -1.88. The summed E-state index contributed by atoms with van der Waals surface area (Å²) in [4.78, 5) is 1.40. The monoisotopic (exact) mass is 234 g/mol. The number of aromatic hydroxyl groups is 1. The Morgan fingerprint density at radius 3 is 2.50 bits per heavy atom. The molecule has 0 aliphatic carbocycles. The predicted molar refractivity (Wildman–Crippen MR) is 46.0 cm³/mol. The number of benzene rings is 1. The maximum Gasteiger partial charge on any atom is 0.200 e. The van der Waals surface area contributed by atoms with E-state index in [1.54, 1.807) is 0 Å². The minimum absolute atomic E-state index is 0.0853. The minimum Gasteiger partial charge on any atom is -0.505 e. The van der Waals surface area contributed by atoms with Crippen LogP contribution in [-0.4, -0.2) is 5.11 Å². The van der Waals surface area contributed by atoms with Crippen LogP contribution in [0, 0.1) is 11.6 Å².